The third kappa shape index (κ3) is 4.40. The third-order valence-corrected chi connectivity index (χ3v) is 4.65. The smallest absolute Gasteiger partial charge is 0.190 e. The molecule has 0 fully saturated rings. The quantitative estimate of drug-likeness (QED) is 0.596. The zero-order valence-electron chi connectivity index (χ0n) is 15.3. The Labute approximate surface area is 150 Å². The van der Waals surface area contributed by atoms with Crippen molar-refractivity contribution in [2.75, 3.05) is 6.54 Å². The van der Waals surface area contributed by atoms with Gasteiger partial charge in [0.25, 0.3) is 0 Å². The predicted molar refractivity (Wildman–Crippen MR) is 104 cm³/mol. The van der Waals surface area contributed by atoms with Crippen LogP contribution < -0.4 is 16.4 Å². The number of benzene rings is 2. The van der Waals surface area contributed by atoms with Gasteiger partial charge in [-0.25, -0.2) is 4.99 Å². The summed E-state index contributed by atoms with van der Waals surface area (Å²) >= 11 is 0. The summed E-state index contributed by atoms with van der Waals surface area (Å²) in [6.07, 6.45) is 1.07. The minimum Gasteiger partial charge on any atom is -0.370 e. The Morgan fingerprint density at radius 1 is 1.16 bits per heavy atom. The fraction of sp³-hybridized carbons (Fsp3) is 0.381. The Morgan fingerprint density at radius 2 is 1.88 bits per heavy atom. The topological polar surface area (TPSA) is 62.4 Å². The number of rotatable bonds is 3. The molecule has 0 amide bonds. The molecular formula is C21H28N4. The largest absolute Gasteiger partial charge is 0.370 e. The van der Waals surface area contributed by atoms with Crippen LogP contribution >= 0.6 is 0 Å². The van der Waals surface area contributed by atoms with Crippen molar-refractivity contribution in [1.29, 1.82) is 0 Å². The lowest BCUT2D eigenvalue weighted by atomic mass is 9.87. The fourth-order valence-corrected chi connectivity index (χ4v) is 3.11. The first-order valence-electron chi connectivity index (χ1n) is 8.90. The molecule has 4 heteroatoms. The van der Waals surface area contributed by atoms with Gasteiger partial charge in [-0.05, 0) is 34.1 Å². The Bertz CT molecular complexity index is 741. The highest BCUT2D eigenvalue weighted by molar-refractivity contribution is 5.78. The van der Waals surface area contributed by atoms with E-state index in [1.807, 2.05) is 0 Å². The average Bonchev–Trinajstić information content (AvgIpc) is 2.60. The van der Waals surface area contributed by atoms with Crippen LogP contribution in [-0.4, -0.2) is 12.5 Å². The van der Waals surface area contributed by atoms with Gasteiger partial charge in [-0.3, -0.25) is 5.32 Å². The van der Waals surface area contributed by atoms with Gasteiger partial charge in [0.1, 0.15) is 6.17 Å². The summed E-state index contributed by atoms with van der Waals surface area (Å²) in [5.41, 5.74) is 11.4. The van der Waals surface area contributed by atoms with Gasteiger partial charge in [-0.2, -0.15) is 0 Å². The van der Waals surface area contributed by atoms with E-state index in [1.54, 1.807) is 0 Å². The van der Waals surface area contributed by atoms with E-state index in [4.69, 9.17) is 5.73 Å². The van der Waals surface area contributed by atoms with Gasteiger partial charge in [0.05, 0.1) is 6.54 Å². The second-order valence-corrected chi connectivity index (χ2v) is 7.63. The molecule has 1 aliphatic rings. The zero-order chi connectivity index (χ0) is 17.9. The minimum absolute atomic E-state index is 0.0250. The molecule has 1 aliphatic heterocycles. The molecule has 132 valence electrons. The van der Waals surface area contributed by atoms with Crippen LogP contribution in [0.1, 0.15) is 49.2 Å². The molecule has 0 aromatic heterocycles. The monoisotopic (exact) mass is 336 g/mol. The summed E-state index contributed by atoms with van der Waals surface area (Å²) in [5.74, 6) is 0.467. The van der Waals surface area contributed by atoms with Gasteiger partial charge in [-0.1, -0.05) is 69.3 Å². The standard InChI is InChI=1S/C21H28N4/c1-21(2,3)17-10-8-15(9-11-17)14-24-20(22)25-19-18-7-5-4-6-16(18)12-13-23-19/h4-11,19,23H,12-14H2,1-3H3,(H3,22,24,25). The Morgan fingerprint density at radius 3 is 2.60 bits per heavy atom. The second-order valence-electron chi connectivity index (χ2n) is 7.63. The van der Waals surface area contributed by atoms with Crippen LogP contribution in [0.5, 0.6) is 0 Å². The Hall–Kier alpha value is -2.33. The Balaban J connectivity index is 1.63. The molecule has 0 saturated carbocycles. The van der Waals surface area contributed by atoms with Gasteiger partial charge in [0.15, 0.2) is 5.96 Å². The van der Waals surface area contributed by atoms with Crippen molar-refractivity contribution in [2.45, 2.75) is 45.3 Å². The molecule has 0 radical (unpaired) electrons. The van der Waals surface area contributed by atoms with Crippen LogP contribution in [0.25, 0.3) is 0 Å². The lowest BCUT2D eigenvalue weighted by molar-refractivity contribution is 0.477. The van der Waals surface area contributed by atoms with Crippen LogP contribution in [-0.2, 0) is 18.4 Å². The normalized spacial score (nSPS) is 17.9. The number of hydrogen-bond donors (Lipinski definition) is 3. The molecule has 3 rings (SSSR count). The summed E-state index contributed by atoms with van der Waals surface area (Å²) in [6.45, 7) is 8.18. The van der Waals surface area contributed by atoms with E-state index in [1.165, 1.54) is 16.7 Å². The van der Waals surface area contributed by atoms with E-state index in [9.17, 15) is 0 Å². The molecule has 2 aromatic carbocycles. The summed E-state index contributed by atoms with van der Waals surface area (Å²) in [5, 5.41) is 6.75. The molecule has 1 atom stereocenters. The molecule has 1 unspecified atom stereocenters. The van der Waals surface area contributed by atoms with Crippen molar-refractivity contribution in [1.82, 2.24) is 10.6 Å². The highest BCUT2D eigenvalue weighted by Crippen LogP contribution is 2.22. The van der Waals surface area contributed by atoms with E-state index in [0.717, 1.165) is 18.5 Å². The molecule has 0 saturated heterocycles. The summed E-state index contributed by atoms with van der Waals surface area (Å²) in [6, 6.07) is 17.1. The number of nitrogens with one attached hydrogen (secondary N) is 2. The van der Waals surface area contributed by atoms with Crippen LogP contribution in [0, 0.1) is 0 Å². The number of fused-ring (bicyclic) bond motifs is 1. The van der Waals surface area contributed by atoms with Crippen molar-refractivity contribution in [3.63, 3.8) is 0 Å². The number of guanidine groups is 1. The second kappa shape index (κ2) is 7.28. The summed E-state index contributed by atoms with van der Waals surface area (Å²) < 4.78 is 0. The molecule has 0 bridgehead atoms. The van der Waals surface area contributed by atoms with Crippen molar-refractivity contribution in [3.8, 4) is 0 Å². The van der Waals surface area contributed by atoms with Gasteiger partial charge in [0.2, 0.25) is 0 Å². The number of nitrogens with zero attached hydrogens (tertiary/aromatic N) is 1. The fourth-order valence-electron chi connectivity index (χ4n) is 3.11. The lowest BCUT2D eigenvalue weighted by Crippen LogP contribution is -2.45. The van der Waals surface area contributed by atoms with Crippen LogP contribution in [0.3, 0.4) is 0 Å². The maximum atomic E-state index is 6.11. The number of aliphatic imine (C=N–C) groups is 1. The molecule has 2 aromatic rings. The van der Waals surface area contributed by atoms with E-state index in [0.29, 0.717) is 12.5 Å². The molecule has 25 heavy (non-hydrogen) atoms. The maximum Gasteiger partial charge on any atom is 0.190 e. The third-order valence-electron chi connectivity index (χ3n) is 4.65. The lowest BCUT2D eigenvalue weighted by Gasteiger charge is -2.28. The minimum atomic E-state index is 0.0250. The predicted octanol–water partition coefficient (Wildman–Crippen LogP) is 3.23. The van der Waals surface area contributed by atoms with Gasteiger partial charge in [0, 0.05) is 6.54 Å². The summed E-state index contributed by atoms with van der Waals surface area (Å²) in [4.78, 5) is 4.50. The SMILES string of the molecule is CC(C)(C)c1ccc(CN=C(N)NC2NCCc3ccccc32)cc1. The first kappa shape index (κ1) is 17.5. The molecule has 4 nitrogen and oxygen atoms in total. The van der Waals surface area contributed by atoms with E-state index < -0.39 is 0 Å². The van der Waals surface area contributed by atoms with Crippen molar-refractivity contribution in [3.05, 3.63) is 70.8 Å². The van der Waals surface area contributed by atoms with Crippen LogP contribution in [0.15, 0.2) is 53.5 Å². The first-order chi connectivity index (χ1) is 11.9. The number of nitrogens with two attached hydrogens (primary N) is 1. The van der Waals surface area contributed by atoms with Crippen LogP contribution in [0.2, 0.25) is 0 Å². The van der Waals surface area contributed by atoms with Crippen molar-refractivity contribution >= 4 is 5.96 Å². The van der Waals surface area contributed by atoms with Gasteiger partial charge >= 0.3 is 0 Å². The first-order valence-corrected chi connectivity index (χ1v) is 8.90. The highest BCUT2D eigenvalue weighted by atomic mass is 15.2. The molecule has 0 spiro atoms. The maximum absolute atomic E-state index is 6.11. The van der Waals surface area contributed by atoms with E-state index in [-0.39, 0.29) is 11.6 Å². The average molecular weight is 336 g/mol. The summed E-state index contributed by atoms with van der Waals surface area (Å²) in [7, 11) is 0. The van der Waals surface area contributed by atoms with E-state index in [2.05, 4.69) is 84.9 Å². The van der Waals surface area contributed by atoms with Gasteiger partial charge in [-0.15, -0.1) is 0 Å². The Kier molecular flexibility index (Phi) is 5.09. The molecule has 0 aliphatic carbocycles. The van der Waals surface area contributed by atoms with Crippen molar-refractivity contribution < 1.29 is 0 Å². The molecule has 4 N–H and O–H groups in total. The van der Waals surface area contributed by atoms with E-state index >= 15 is 0 Å². The zero-order valence-corrected chi connectivity index (χ0v) is 15.3. The van der Waals surface area contributed by atoms with Crippen molar-refractivity contribution in [2.24, 2.45) is 10.7 Å². The van der Waals surface area contributed by atoms with Crippen LogP contribution in [0.4, 0.5) is 0 Å². The molecular weight excluding hydrogens is 308 g/mol. The highest BCUT2D eigenvalue weighted by Gasteiger charge is 2.19. The molecule has 1 heterocycles. The van der Waals surface area contributed by atoms with Gasteiger partial charge < -0.3 is 11.1 Å². The number of hydrogen-bond acceptors (Lipinski definition) is 2.